The second-order valence-electron chi connectivity index (χ2n) is 6.85. The van der Waals surface area contributed by atoms with Crippen molar-refractivity contribution in [3.63, 3.8) is 0 Å². The number of amides is 1. The molecule has 1 heterocycles. The number of carbonyl (C=O) groups is 1. The second-order valence-corrected chi connectivity index (χ2v) is 6.85. The number of fused-ring (bicyclic) bond motifs is 1. The van der Waals surface area contributed by atoms with Gasteiger partial charge in [-0.05, 0) is 67.1 Å². The number of aromatic nitrogens is 1. The van der Waals surface area contributed by atoms with E-state index in [4.69, 9.17) is 14.0 Å². The molecule has 6 nitrogen and oxygen atoms in total. The molecule has 1 aromatic heterocycles. The van der Waals surface area contributed by atoms with Gasteiger partial charge in [0.25, 0.3) is 5.91 Å². The van der Waals surface area contributed by atoms with Crippen molar-refractivity contribution in [2.45, 2.75) is 13.5 Å². The zero-order chi connectivity index (χ0) is 21.8. The molecule has 1 amide bonds. The molecule has 3 aromatic carbocycles. The van der Waals surface area contributed by atoms with Crippen molar-refractivity contribution in [2.75, 3.05) is 13.7 Å². The van der Waals surface area contributed by atoms with Gasteiger partial charge in [-0.25, -0.2) is 4.39 Å². The van der Waals surface area contributed by atoms with Gasteiger partial charge in [-0.3, -0.25) is 4.79 Å². The summed E-state index contributed by atoms with van der Waals surface area (Å²) in [4.78, 5) is 12.7. The van der Waals surface area contributed by atoms with Gasteiger partial charge in [0, 0.05) is 17.7 Å². The summed E-state index contributed by atoms with van der Waals surface area (Å²) >= 11 is 0. The molecule has 0 atom stereocenters. The van der Waals surface area contributed by atoms with E-state index in [-0.39, 0.29) is 11.7 Å². The molecular formula is C24H21FN2O4. The lowest BCUT2D eigenvalue weighted by Gasteiger charge is -2.11. The van der Waals surface area contributed by atoms with Crippen molar-refractivity contribution in [3.8, 4) is 22.8 Å². The van der Waals surface area contributed by atoms with Crippen LogP contribution in [-0.2, 0) is 6.54 Å². The molecule has 1 N–H and O–H groups in total. The van der Waals surface area contributed by atoms with Crippen LogP contribution in [0.1, 0.15) is 22.8 Å². The Morgan fingerprint density at radius 2 is 1.87 bits per heavy atom. The maximum Gasteiger partial charge on any atom is 0.251 e. The van der Waals surface area contributed by atoms with E-state index in [1.54, 1.807) is 37.4 Å². The lowest BCUT2D eigenvalue weighted by atomic mass is 10.1. The fourth-order valence-corrected chi connectivity index (χ4v) is 3.27. The topological polar surface area (TPSA) is 73.6 Å². The van der Waals surface area contributed by atoms with Gasteiger partial charge in [0.05, 0.1) is 19.1 Å². The van der Waals surface area contributed by atoms with Crippen LogP contribution in [0.5, 0.6) is 11.5 Å². The van der Waals surface area contributed by atoms with E-state index < -0.39 is 0 Å². The zero-order valence-electron chi connectivity index (χ0n) is 17.1. The summed E-state index contributed by atoms with van der Waals surface area (Å²) in [7, 11) is 1.58. The molecule has 0 spiro atoms. The number of benzene rings is 3. The number of hydrogen-bond donors (Lipinski definition) is 1. The molecule has 7 heteroatoms. The summed E-state index contributed by atoms with van der Waals surface area (Å²) in [5.74, 6) is 1.19. The Bertz CT molecular complexity index is 1220. The summed E-state index contributed by atoms with van der Waals surface area (Å²) in [6.45, 7) is 2.77. The first-order chi connectivity index (χ1) is 15.1. The lowest BCUT2D eigenvalue weighted by Crippen LogP contribution is -2.22. The van der Waals surface area contributed by atoms with Crippen LogP contribution in [0.3, 0.4) is 0 Å². The quantitative estimate of drug-likeness (QED) is 0.457. The van der Waals surface area contributed by atoms with Gasteiger partial charge < -0.3 is 19.3 Å². The molecule has 158 valence electrons. The summed E-state index contributed by atoms with van der Waals surface area (Å²) in [6.07, 6.45) is 0. The Labute approximate surface area is 178 Å². The Hall–Kier alpha value is -3.87. The van der Waals surface area contributed by atoms with Gasteiger partial charge >= 0.3 is 0 Å². The Morgan fingerprint density at radius 1 is 1.06 bits per heavy atom. The second kappa shape index (κ2) is 8.87. The number of carbonyl (C=O) groups excluding carboxylic acids is 1. The van der Waals surface area contributed by atoms with Crippen LogP contribution >= 0.6 is 0 Å². The van der Waals surface area contributed by atoms with Gasteiger partial charge in [0.2, 0.25) is 0 Å². The van der Waals surface area contributed by atoms with Crippen LogP contribution < -0.4 is 14.8 Å². The minimum atomic E-state index is -0.335. The summed E-state index contributed by atoms with van der Waals surface area (Å²) in [5.41, 5.74) is 2.65. The number of hydrogen-bond acceptors (Lipinski definition) is 5. The monoisotopic (exact) mass is 420 g/mol. The van der Waals surface area contributed by atoms with Crippen molar-refractivity contribution in [3.05, 3.63) is 77.6 Å². The Kier molecular flexibility index (Phi) is 5.84. The average Bonchev–Trinajstić information content (AvgIpc) is 3.22. The van der Waals surface area contributed by atoms with Crippen molar-refractivity contribution < 1.29 is 23.2 Å². The number of nitrogens with one attached hydrogen (secondary N) is 1. The van der Waals surface area contributed by atoms with Gasteiger partial charge in [0.1, 0.15) is 11.3 Å². The first kappa shape index (κ1) is 20.4. The minimum Gasteiger partial charge on any atom is -0.493 e. The Morgan fingerprint density at radius 3 is 2.61 bits per heavy atom. The highest BCUT2D eigenvalue weighted by atomic mass is 19.1. The third-order valence-electron chi connectivity index (χ3n) is 4.83. The fraction of sp³-hybridized carbons (Fsp3) is 0.167. The molecule has 0 fully saturated rings. The molecule has 0 bridgehead atoms. The highest BCUT2D eigenvalue weighted by Crippen LogP contribution is 2.30. The summed E-state index contributed by atoms with van der Waals surface area (Å²) < 4.78 is 29.5. The lowest BCUT2D eigenvalue weighted by molar-refractivity contribution is 0.0951. The van der Waals surface area contributed by atoms with Crippen molar-refractivity contribution >= 4 is 16.8 Å². The van der Waals surface area contributed by atoms with Crippen LogP contribution in [0.4, 0.5) is 4.39 Å². The van der Waals surface area contributed by atoms with E-state index in [1.807, 2.05) is 25.1 Å². The highest BCUT2D eigenvalue weighted by molar-refractivity contribution is 6.00. The van der Waals surface area contributed by atoms with E-state index >= 15 is 0 Å². The average molecular weight is 420 g/mol. The van der Waals surface area contributed by atoms with Gasteiger partial charge in [0.15, 0.2) is 17.3 Å². The van der Waals surface area contributed by atoms with E-state index in [9.17, 15) is 9.18 Å². The van der Waals surface area contributed by atoms with Crippen LogP contribution in [0, 0.1) is 5.82 Å². The van der Waals surface area contributed by atoms with Crippen LogP contribution in [0.25, 0.3) is 22.2 Å². The minimum absolute atomic E-state index is 0.235. The number of halogens is 1. The SMILES string of the molecule is CCOc1ccc(CNC(=O)c2ccc3noc(-c4ccc(F)cc4)c3c2)cc1OC. The first-order valence-electron chi connectivity index (χ1n) is 9.82. The van der Waals surface area contributed by atoms with E-state index in [2.05, 4.69) is 10.5 Å². The largest absolute Gasteiger partial charge is 0.493 e. The third-order valence-corrected chi connectivity index (χ3v) is 4.83. The van der Waals surface area contributed by atoms with E-state index in [0.717, 1.165) is 5.56 Å². The summed E-state index contributed by atoms with van der Waals surface area (Å²) in [6, 6.07) is 16.6. The van der Waals surface area contributed by atoms with E-state index in [1.165, 1.54) is 12.1 Å². The molecule has 0 aliphatic heterocycles. The highest BCUT2D eigenvalue weighted by Gasteiger charge is 2.14. The summed E-state index contributed by atoms with van der Waals surface area (Å²) in [5, 5.41) is 7.62. The normalized spacial score (nSPS) is 10.8. The molecule has 0 aliphatic carbocycles. The molecule has 0 saturated heterocycles. The van der Waals surface area contributed by atoms with Crippen LogP contribution in [-0.4, -0.2) is 24.8 Å². The van der Waals surface area contributed by atoms with Crippen molar-refractivity contribution in [1.29, 1.82) is 0 Å². The third kappa shape index (κ3) is 4.35. The van der Waals surface area contributed by atoms with E-state index in [0.29, 0.717) is 52.4 Å². The molecule has 0 aliphatic rings. The first-order valence-corrected chi connectivity index (χ1v) is 9.82. The zero-order valence-corrected chi connectivity index (χ0v) is 17.1. The number of nitrogens with zero attached hydrogens (tertiary/aromatic N) is 1. The molecule has 31 heavy (non-hydrogen) atoms. The maximum atomic E-state index is 13.2. The van der Waals surface area contributed by atoms with Crippen molar-refractivity contribution in [2.24, 2.45) is 0 Å². The molecule has 0 saturated carbocycles. The Balaban J connectivity index is 1.53. The molecule has 4 rings (SSSR count). The maximum absolute atomic E-state index is 13.2. The molecular weight excluding hydrogens is 399 g/mol. The fourth-order valence-electron chi connectivity index (χ4n) is 3.27. The van der Waals surface area contributed by atoms with Crippen LogP contribution in [0.15, 0.2) is 65.2 Å². The molecule has 4 aromatic rings. The number of methoxy groups -OCH3 is 1. The predicted octanol–water partition coefficient (Wildman–Crippen LogP) is 4.97. The van der Waals surface area contributed by atoms with Gasteiger partial charge in [-0.2, -0.15) is 0 Å². The number of ether oxygens (including phenoxy) is 2. The molecule has 0 unspecified atom stereocenters. The van der Waals surface area contributed by atoms with Gasteiger partial charge in [-0.15, -0.1) is 0 Å². The number of rotatable bonds is 7. The standard InChI is InChI=1S/C24H21FN2O4/c1-3-30-21-11-4-15(12-22(21)29-2)14-26-24(28)17-7-10-20-19(13-17)23(31-27-20)16-5-8-18(25)9-6-16/h4-13H,3,14H2,1-2H3,(H,26,28). The predicted molar refractivity (Wildman–Crippen MR) is 115 cm³/mol. The molecule has 0 radical (unpaired) electrons. The van der Waals surface area contributed by atoms with Gasteiger partial charge in [-0.1, -0.05) is 11.2 Å². The van der Waals surface area contributed by atoms with Crippen molar-refractivity contribution in [1.82, 2.24) is 10.5 Å². The smallest absolute Gasteiger partial charge is 0.251 e. The van der Waals surface area contributed by atoms with Crippen LogP contribution in [0.2, 0.25) is 0 Å².